The number of para-hydroxylation sites is 1. The van der Waals surface area contributed by atoms with Gasteiger partial charge in [0, 0.05) is 28.6 Å². The number of halogens is 1. The number of carboxylic acid groups (broad SMARTS) is 1. The molecule has 0 saturated heterocycles. The van der Waals surface area contributed by atoms with E-state index in [1.165, 1.54) is 12.1 Å². The molecule has 216 valence electrons. The summed E-state index contributed by atoms with van der Waals surface area (Å²) in [4.78, 5) is 25.0. The molecule has 0 saturated carbocycles. The molecule has 2 atom stereocenters. The smallest absolute Gasteiger partial charge is 1.00 e. The third-order valence-corrected chi connectivity index (χ3v) is 6.93. The van der Waals surface area contributed by atoms with Crippen LogP contribution in [0.1, 0.15) is 56.8 Å². The van der Waals surface area contributed by atoms with Crippen molar-refractivity contribution >= 4 is 17.6 Å². The normalized spacial score (nSPS) is 12.4. The van der Waals surface area contributed by atoms with Crippen LogP contribution in [0.2, 0.25) is 0 Å². The van der Waals surface area contributed by atoms with Crippen LogP contribution in [-0.4, -0.2) is 44.0 Å². The van der Waals surface area contributed by atoms with Gasteiger partial charge in [0.1, 0.15) is 11.5 Å². The number of aliphatic carboxylic acids is 1. The van der Waals surface area contributed by atoms with Crippen LogP contribution >= 0.6 is 0 Å². The second-order valence-corrected chi connectivity index (χ2v) is 10.4. The molecular weight excluding hydrogens is 546 g/mol. The predicted octanol–water partition coefficient (Wildman–Crippen LogP) is 3.43. The molecular formula is C33H36FN2NaO5. The number of aliphatic hydroxyl groups is 2. The Kier molecular flexibility index (Phi) is 12.1. The topological polar surface area (TPSA) is 112 Å². The number of rotatable bonds is 12. The van der Waals surface area contributed by atoms with Crippen molar-refractivity contribution in [1.82, 2.24) is 4.57 Å². The number of aromatic nitrogens is 1. The zero-order chi connectivity index (χ0) is 29.5. The van der Waals surface area contributed by atoms with Gasteiger partial charge in [-0.1, -0.05) is 60.7 Å². The fraction of sp³-hybridized carbons (Fsp3) is 0.273. The first-order chi connectivity index (χ1) is 19.7. The number of benzene rings is 3. The van der Waals surface area contributed by atoms with Gasteiger partial charge in [0.15, 0.2) is 0 Å². The zero-order valence-electron chi connectivity index (χ0n) is 25.1. The van der Waals surface area contributed by atoms with Gasteiger partial charge in [-0.3, -0.25) is 9.59 Å². The molecule has 4 aromatic rings. The van der Waals surface area contributed by atoms with E-state index in [2.05, 4.69) is 5.32 Å². The minimum absolute atomic E-state index is 0. The molecule has 3 aromatic carbocycles. The number of carboxylic acids is 1. The quantitative estimate of drug-likeness (QED) is 0.191. The molecule has 0 aliphatic heterocycles. The van der Waals surface area contributed by atoms with Crippen molar-refractivity contribution < 1.29 is 60.3 Å². The number of carbonyl (C=O) groups excluding carboxylic acids is 1. The summed E-state index contributed by atoms with van der Waals surface area (Å²) in [5.74, 6) is -1.83. The fourth-order valence-electron chi connectivity index (χ4n) is 5.22. The Hall–Kier alpha value is -3.27. The Morgan fingerprint density at radius 3 is 2.00 bits per heavy atom. The molecule has 0 radical (unpaired) electrons. The van der Waals surface area contributed by atoms with Gasteiger partial charge in [0.05, 0.1) is 18.6 Å². The van der Waals surface area contributed by atoms with Crippen molar-refractivity contribution in [2.45, 2.75) is 57.8 Å². The number of hydrogen-bond acceptors (Lipinski definition) is 4. The van der Waals surface area contributed by atoms with Crippen LogP contribution in [0.3, 0.4) is 0 Å². The molecule has 42 heavy (non-hydrogen) atoms. The van der Waals surface area contributed by atoms with Gasteiger partial charge in [0.25, 0.3) is 5.91 Å². The van der Waals surface area contributed by atoms with Crippen LogP contribution in [0.4, 0.5) is 10.1 Å². The molecule has 0 aliphatic rings. The first kappa shape index (κ1) is 33.2. The molecule has 1 aromatic heterocycles. The van der Waals surface area contributed by atoms with Crippen molar-refractivity contribution in [2.75, 3.05) is 5.32 Å². The molecule has 0 bridgehead atoms. The Balaban J connectivity index is 0.00000323. The second kappa shape index (κ2) is 15.3. The summed E-state index contributed by atoms with van der Waals surface area (Å²) < 4.78 is 16.0. The van der Waals surface area contributed by atoms with E-state index in [1.807, 2.05) is 79.1 Å². The average molecular weight is 583 g/mol. The Morgan fingerprint density at radius 1 is 0.857 bits per heavy atom. The number of amides is 1. The maximum atomic E-state index is 14.0. The summed E-state index contributed by atoms with van der Waals surface area (Å²) in [6.07, 6.45) is -2.15. The standard InChI is InChI=1S/C33H35FN2O5.Na.H/c1-21(2)36-28(18-17-26(37)19-27(38)20-29(39)40)30(23-13-15-24(34)16-14-23)31(22-9-5-3-6-10-22)32(36)33(41)35-25-11-7-4-8-12-25;;/h3-16,21,26-27,37-38H,17-20H2,1-2H3,(H,35,41)(H,39,40);;/q;+1;-1/t26-,27-;;/m1../s1. The first-order valence-electron chi connectivity index (χ1n) is 13.7. The monoisotopic (exact) mass is 582 g/mol. The molecule has 7 nitrogen and oxygen atoms in total. The van der Waals surface area contributed by atoms with Crippen LogP contribution in [0, 0.1) is 5.82 Å². The van der Waals surface area contributed by atoms with E-state index in [9.17, 15) is 24.2 Å². The van der Waals surface area contributed by atoms with Crippen LogP contribution in [0.25, 0.3) is 22.3 Å². The molecule has 0 unspecified atom stereocenters. The Labute approximate surface area is 268 Å². The fourth-order valence-corrected chi connectivity index (χ4v) is 5.22. The number of anilines is 1. The number of hydrogen-bond donors (Lipinski definition) is 4. The van der Waals surface area contributed by atoms with E-state index >= 15 is 0 Å². The minimum Gasteiger partial charge on any atom is -1.00 e. The molecule has 4 rings (SSSR count). The zero-order valence-corrected chi connectivity index (χ0v) is 26.1. The van der Waals surface area contributed by atoms with Crippen LogP contribution in [-0.2, 0) is 11.2 Å². The summed E-state index contributed by atoms with van der Waals surface area (Å²) in [7, 11) is 0. The maximum absolute atomic E-state index is 14.0. The van der Waals surface area contributed by atoms with Crippen LogP contribution in [0.5, 0.6) is 0 Å². The minimum atomic E-state index is -1.18. The van der Waals surface area contributed by atoms with E-state index in [-0.39, 0.29) is 61.6 Å². The van der Waals surface area contributed by atoms with E-state index in [0.717, 1.165) is 16.8 Å². The van der Waals surface area contributed by atoms with Gasteiger partial charge in [-0.05, 0) is 68.5 Å². The summed E-state index contributed by atoms with van der Waals surface area (Å²) in [6, 6.07) is 24.6. The molecule has 9 heteroatoms. The van der Waals surface area contributed by atoms with Gasteiger partial charge in [0.2, 0.25) is 0 Å². The summed E-state index contributed by atoms with van der Waals surface area (Å²) in [5, 5.41) is 32.8. The van der Waals surface area contributed by atoms with E-state index in [0.29, 0.717) is 28.9 Å². The average Bonchev–Trinajstić information content (AvgIpc) is 3.28. The number of nitrogens with zero attached hydrogens (tertiary/aromatic N) is 1. The van der Waals surface area contributed by atoms with Crippen molar-refractivity contribution in [1.29, 1.82) is 0 Å². The number of nitrogens with one attached hydrogen (secondary N) is 1. The van der Waals surface area contributed by atoms with Gasteiger partial charge in [-0.25, -0.2) is 4.39 Å². The van der Waals surface area contributed by atoms with Gasteiger partial charge >= 0.3 is 35.5 Å². The first-order valence-corrected chi connectivity index (χ1v) is 13.7. The van der Waals surface area contributed by atoms with Crippen molar-refractivity contribution in [2.24, 2.45) is 0 Å². The molecule has 0 fully saturated rings. The number of aliphatic hydroxyl groups excluding tert-OH is 2. The van der Waals surface area contributed by atoms with E-state index < -0.39 is 24.6 Å². The molecule has 0 aliphatic carbocycles. The second-order valence-electron chi connectivity index (χ2n) is 10.4. The van der Waals surface area contributed by atoms with Crippen LogP contribution < -0.4 is 34.9 Å². The largest absolute Gasteiger partial charge is 1.00 e. The molecule has 4 N–H and O–H groups in total. The van der Waals surface area contributed by atoms with Crippen molar-refractivity contribution in [3.8, 4) is 22.3 Å². The van der Waals surface area contributed by atoms with Gasteiger partial charge in [-0.15, -0.1) is 0 Å². The van der Waals surface area contributed by atoms with E-state index in [4.69, 9.17) is 5.11 Å². The summed E-state index contributed by atoms with van der Waals surface area (Å²) in [6.45, 7) is 3.94. The Bertz CT molecular complexity index is 1480. The third-order valence-electron chi connectivity index (χ3n) is 6.93. The van der Waals surface area contributed by atoms with Gasteiger partial charge in [-0.2, -0.15) is 0 Å². The summed E-state index contributed by atoms with van der Waals surface area (Å²) >= 11 is 0. The molecule has 1 amide bonds. The third kappa shape index (κ3) is 8.18. The Morgan fingerprint density at radius 2 is 1.43 bits per heavy atom. The predicted molar refractivity (Wildman–Crippen MR) is 158 cm³/mol. The van der Waals surface area contributed by atoms with E-state index in [1.54, 1.807) is 12.1 Å². The van der Waals surface area contributed by atoms with Crippen molar-refractivity contribution in [3.63, 3.8) is 0 Å². The van der Waals surface area contributed by atoms with Crippen LogP contribution in [0.15, 0.2) is 84.9 Å². The maximum Gasteiger partial charge on any atom is 1.00 e. The summed E-state index contributed by atoms with van der Waals surface area (Å²) in [5.41, 5.74) is 4.81. The van der Waals surface area contributed by atoms with Gasteiger partial charge < -0.3 is 26.6 Å². The SMILES string of the molecule is CC(C)n1c(CC[C@@H](O)C[C@@H](O)CC(=O)O)c(-c2ccc(F)cc2)c(-c2ccccc2)c1C(=O)Nc1ccccc1.[H-].[Na+]. The number of carbonyl (C=O) groups is 2. The molecule has 0 spiro atoms. The van der Waals surface area contributed by atoms with Crippen molar-refractivity contribution in [3.05, 3.63) is 102 Å². The molecule has 1 heterocycles.